The molecule has 1 aliphatic carbocycles. The van der Waals surface area contributed by atoms with Gasteiger partial charge in [0, 0.05) is 38.2 Å². The molecule has 0 bridgehead atoms. The van der Waals surface area contributed by atoms with Gasteiger partial charge in [-0.25, -0.2) is 0 Å². The Morgan fingerprint density at radius 1 is 1.09 bits per heavy atom. The number of nitrogens with zero attached hydrogens (tertiary/aromatic N) is 1. The van der Waals surface area contributed by atoms with Crippen LogP contribution in [0.3, 0.4) is 0 Å². The number of hydrogen-bond acceptors (Lipinski definition) is 2. The van der Waals surface area contributed by atoms with Crippen LogP contribution in [0.15, 0.2) is 53.5 Å². The van der Waals surface area contributed by atoms with Gasteiger partial charge in [0.2, 0.25) is 0 Å². The third-order valence-electron chi connectivity index (χ3n) is 5.60. The van der Waals surface area contributed by atoms with Crippen molar-refractivity contribution in [1.29, 1.82) is 0 Å². The van der Waals surface area contributed by atoms with Crippen molar-refractivity contribution in [2.24, 2.45) is 4.99 Å². The van der Waals surface area contributed by atoms with Crippen molar-refractivity contribution < 1.29 is 18.0 Å². The maximum absolute atomic E-state index is 13.0. The average Bonchev–Trinajstić information content (AvgIpc) is 3.56. The molecule has 0 saturated heterocycles. The van der Waals surface area contributed by atoms with Crippen LogP contribution in [0.2, 0.25) is 0 Å². The second kappa shape index (κ2) is 11.0. The summed E-state index contributed by atoms with van der Waals surface area (Å²) in [6, 6.07) is 13.0. The van der Waals surface area contributed by atoms with Crippen LogP contribution in [-0.4, -0.2) is 39.1 Å². The molecule has 1 amide bonds. The van der Waals surface area contributed by atoms with E-state index in [1.807, 2.05) is 18.2 Å². The van der Waals surface area contributed by atoms with Crippen LogP contribution in [0.1, 0.15) is 39.9 Å². The molecule has 1 fully saturated rings. The maximum atomic E-state index is 13.0. The van der Waals surface area contributed by atoms with Crippen LogP contribution in [0.5, 0.6) is 0 Å². The van der Waals surface area contributed by atoms with Crippen molar-refractivity contribution in [2.45, 2.75) is 30.9 Å². The van der Waals surface area contributed by atoms with Crippen molar-refractivity contribution >= 4 is 35.8 Å². The lowest BCUT2D eigenvalue weighted by molar-refractivity contribution is -0.137. The fourth-order valence-electron chi connectivity index (χ4n) is 3.55. The molecule has 0 spiro atoms. The van der Waals surface area contributed by atoms with Crippen molar-refractivity contribution in [1.82, 2.24) is 16.0 Å². The van der Waals surface area contributed by atoms with Crippen LogP contribution in [0, 0.1) is 0 Å². The molecule has 3 N–H and O–H groups in total. The summed E-state index contributed by atoms with van der Waals surface area (Å²) in [5.41, 5.74) is 1.43. The van der Waals surface area contributed by atoms with E-state index in [2.05, 4.69) is 20.9 Å². The summed E-state index contributed by atoms with van der Waals surface area (Å²) in [5, 5.41) is 9.08. The molecule has 3 rings (SSSR count). The van der Waals surface area contributed by atoms with Crippen molar-refractivity contribution in [3.8, 4) is 0 Å². The predicted molar refractivity (Wildman–Crippen MR) is 131 cm³/mol. The number of hydrogen-bond donors (Lipinski definition) is 3. The zero-order valence-corrected chi connectivity index (χ0v) is 20.4. The van der Waals surface area contributed by atoms with Crippen molar-refractivity contribution in [2.75, 3.05) is 27.2 Å². The molecule has 0 aliphatic heterocycles. The van der Waals surface area contributed by atoms with Crippen LogP contribution in [-0.2, 0) is 18.0 Å². The fourth-order valence-corrected chi connectivity index (χ4v) is 3.55. The van der Waals surface area contributed by atoms with E-state index in [-0.39, 0.29) is 35.3 Å². The lowest BCUT2D eigenvalue weighted by Crippen LogP contribution is -2.42. The van der Waals surface area contributed by atoms with Gasteiger partial charge < -0.3 is 16.0 Å². The summed E-state index contributed by atoms with van der Waals surface area (Å²) in [7, 11) is 3.25. The summed E-state index contributed by atoms with van der Waals surface area (Å²) in [4.78, 5) is 16.0. The molecular formula is C23H28F3IN4O. The van der Waals surface area contributed by atoms with Crippen molar-refractivity contribution in [3.63, 3.8) is 0 Å². The summed E-state index contributed by atoms with van der Waals surface area (Å²) < 4.78 is 39.1. The van der Waals surface area contributed by atoms with Gasteiger partial charge in [-0.3, -0.25) is 9.79 Å². The lowest BCUT2D eigenvalue weighted by atomic mass is 9.94. The molecular weight excluding hydrogens is 532 g/mol. The number of rotatable bonds is 7. The third kappa shape index (κ3) is 6.60. The predicted octanol–water partition coefficient (Wildman–Crippen LogP) is 4.12. The first kappa shape index (κ1) is 26.0. The van der Waals surface area contributed by atoms with Gasteiger partial charge in [-0.05, 0) is 48.6 Å². The molecule has 0 unspecified atom stereocenters. The molecule has 5 nitrogen and oxygen atoms in total. The number of amides is 1. The van der Waals surface area contributed by atoms with Gasteiger partial charge in [0.1, 0.15) is 0 Å². The average molecular weight is 560 g/mol. The monoisotopic (exact) mass is 560 g/mol. The molecule has 174 valence electrons. The Hall–Kier alpha value is -2.30. The molecule has 32 heavy (non-hydrogen) atoms. The fraction of sp³-hybridized carbons (Fsp3) is 0.391. The van der Waals surface area contributed by atoms with Crippen LogP contribution in [0.25, 0.3) is 0 Å². The smallest absolute Gasteiger partial charge is 0.356 e. The van der Waals surface area contributed by atoms with Gasteiger partial charge in [0.25, 0.3) is 5.91 Å². The summed E-state index contributed by atoms with van der Waals surface area (Å²) in [6.07, 6.45) is -1.97. The van der Waals surface area contributed by atoms with Crippen LogP contribution in [0.4, 0.5) is 13.2 Å². The Labute approximate surface area is 203 Å². The minimum Gasteiger partial charge on any atom is -0.356 e. The van der Waals surface area contributed by atoms with E-state index in [0.717, 1.165) is 24.5 Å². The second-order valence-electron chi connectivity index (χ2n) is 7.74. The number of aliphatic imine (C=N–C) groups is 1. The Morgan fingerprint density at radius 3 is 2.44 bits per heavy atom. The molecule has 1 saturated carbocycles. The Morgan fingerprint density at radius 2 is 1.81 bits per heavy atom. The largest absolute Gasteiger partial charge is 0.416 e. The maximum Gasteiger partial charge on any atom is 0.416 e. The number of carbonyl (C=O) groups is 1. The Bertz CT molecular complexity index is 958. The quantitative estimate of drug-likeness (QED) is 0.271. The van der Waals surface area contributed by atoms with Gasteiger partial charge >= 0.3 is 6.18 Å². The van der Waals surface area contributed by atoms with Crippen LogP contribution >= 0.6 is 24.0 Å². The van der Waals surface area contributed by atoms with E-state index in [1.165, 1.54) is 12.1 Å². The summed E-state index contributed by atoms with van der Waals surface area (Å²) in [6.45, 7) is 1.12. The molecule has 1 aliphatic rings. The van der Waals surface area contributed by atoms with Gasteiger partial charge in [0.05, 0.1) is 5.56 Å². The van der Waals surface area contributed by atoms with Crippen molar-refractivity contribution in [3.05, 3.63) is 70.8 Å². The minimum absolute atomic E-state index is 0. The van der Waals surface area contributed by atoms with Gasteiger partial charge in [-0.2, -0.15) is 13.2 Å². The lowest BCUT2D eigenvalue weighted by Gasteiger charge is -2.20. The minimum atomic E-state index is -4.34. The summed E-state index contributed by atoms with van der Waals surface area (Å²) >= 11 is 0. The standard InChI is InChI=1S/C23H27F3N4O.HI/c1-27-20(31)17-6-3-5-16(13-17)9-12-29-21(28-2)30-15-22(10-11-22)18-7-4-8-19(14-18)23(24,25)26;/h3-8,13-14H,9-12,15H2,1-2H3,(H,27,31)(H2,28,29,30);1H. The molecule has 0 heterocycles. The normalized spacial score (nSPS) is 14.8. The third-order valence-corrected chi connectivity index (χ3v) is 5.60. The topological polar surface area (TPSA) is 65.5 Å². The van der Waals surface area contributed by atoms with E-state index < -0.39 is 11.7 Å². The van der Waals surface area contributed by atoms with Crippen LogP contribution < -0.4 is 16.0 Å². The van der Waals surface area contributed by atoms with Gasteiger partial charge in [0.15, 0.2) is 5.96 Å². The first-order valence-electron chi connectivity index (χ1n) is 10.2. The summed E-state index contributed by atoms with van der Waals surface area (Å²) in [5.74, 6) is 0.470. The second-order valence-corrected chi connectivity index (χ2v) is 7.74. The van der Waals surface area contributed by atoms with E-state index in [0.29, 0.717) is 36.6 Å². The van der Waals surface area contributed by atoms with E-state index >= 15 is 0 Å². The van der Waals surface area contributed by atoms with E-state index in [1.54, 1.807) is 26.2 Å². The highest BCUT2D eigenvalue weighted by atomic mass is 127. The molecule has 0 atom stereocenters. The van der Waals surface area contributed by atoms with Gasteiger partial charge in [-0.15, -0.1) is 24.0 Å². The van der Waals surface area contributed by atoms with E-state index in [9.17, 15) is 18.0 Å². The number of nitrogens with one attached hydrogen (secondary N) is 3. The zero-order valence-electron chi connectivity index (χ0n) is 18.1. The van der Waals surface area contributed by atoms with E-state index in [4.69, 9.17) is 0 Å². The SMILES string of the molecule is CN=C(NCCc1cccc(C(=O)NC)c1)NCC1(c2cccc(C(F)(F)F)c2)CC1.I. The number of alkyl halides is 3. The molecule has 2 aromatic rings. The Balaban J connectivity index is 0.00000363. The highest BCUT2D eigenvalue weighted by Gasteiger charge is 2.45. The number of halogens is 4. The highest BCUT2D eigenvalue weighted by Crippen LogP contribution is 2.48. The highest BCUT2D eigenvalue weighted by molar-refractivity contribution is 14.0. The van der Waals surface area contributed by atoms with Gasteiger partial charge in [-0.1, -0.05) is 30.3 Å². The number of benzene rings is 2. The molecule has 9 heteroatoms. The molecule has 0 radical (unpaired) electrons. The Kier molecular flexibility index (Phi) is 8.94. The first-order chi connectivity index (χ1) is 14.8. The zero-order chi connectivity index (χ0) is 22.5. The number of carbonyl (C=O) groups excluding carboxylic acids is 1. The number of guanidine groups is 1. The molecule has 0 aromatic heterocycles. The first-order valence-corrected chi connectivity index (χ1v) is 10.2. The molecule has 2 aromatic carbocycles.